The third-order valence-corrected chi connectivity index (χ3v) is 1.80. The second-order valence-electron chi connectivity index (χ2n) is 2.84. The van der Waals surface area contributed by atoms with Gasteiger partial charge in [0, 0.05) is 18.0 Å². The predicted octanol–water partition coefficient (Wildman–Crippen LogP) is 1.32. The average molecular weight is 175 g/mol. The molecule has 2 rings (SSSR count). The Kier molecular flexibility index (Phi) is 1.73. The Morgan fingerprint density at radius 2 is 2.46 bits per heavy atom. The van der Waals surface area contributed by atoms with Gasteiger partial charge in [0.25, 0.3) is 0 Å². The van der Waals surface area contributed by atoms with Crippen LogP contribution in [0.4, 0.5) is 0 Å². The summed E-state index contributed by atoms with van der Waals surface area (Å²) in [5, 5.41) is 4.20. The first-order valence-electron chi connectivity index (χ1n) is 3.96. The van der Waals surface area contributed by atoms with E-state index in [1.54, 1.807) is 16.9 Å². The Balaban J connectivity index is 2.40. The summed E-state index contributed by atoms with van der Waals surface area (Å²) >= 11 is 0. The second kappa shape index (κ2) is 2.90. The Morgan fingerprint density at radius 1 is 1.62 bits per heavy atom. The fourth-order valence-electron chi connectivity index (χ4n) is 1.15. The first kappa shape index (κ1) is 7.79. The zero-order valence-electron chi connectivity index (χ0n) is 7.19. The molecule has 0 radical (unpaired) electrons. The van der Waals surface area contributed by atoms with Crippen molar-refractivity contribution in [3.63, 3.8) is 0 Å². The Hall–Kier alpha value is -1.84. The van der Waals surface area contributed by atoms with Crippen molar-refractivity contribution in [3.05, 3.63) is 35.8 Å². The summed E-state index contributed by atoms with van der Waals surface area (Å²) in [6.45, 7) is 1.92. The number of aromatic nitrogens is 3. The molecule has 2 aromatic heterocycles. The molecule has 0 spiro atoms. The number of aldehydes is 1. The van der Waals surface area contributed by atoms with Crippen molar-refractivity contribution in [1.29, 1.82) is 0 Å². The van der Waals surface area contributed by atoms with Gasteiger partial charge in [0.2, 0.25) is 0 Å². The number of rotatable bonds is 2. The Morgan fingerprint density at radius 3 is 3.00 bits per heavy atom. The molecule has 0 fully saturated rings. The number of carbonyl (C=O) groups is 1. The van der Waals surface area contributed by atoms with Crippen molar-refractivity contribution in [2.75, 3.05) is 0 Å². The quantitative estimate of drug-likeness (QED) is 0.700. The van der Waals surface area contributed by atoms with Crippen molar-refractivity contribution in [3.8, 4) is 5.82 Å². The van der Waals surface area contributed by atoms with Gasteiger partial charge < -0.3 is 4.98 Å². The van der Waals surface area contributed by atoms with Gasteiger partial charge in [-0.25, -0.2) is 4.68 Å². The van der Waals surface area contributed by atoms with E-state index in [2.05, 4.69) is 10.1 Å². The zero-order chi connectivity index (χ0) is 9.26. The van der Waals surface area contributed by atoms with Crippen molar-refractivity contribution in [2.45, 2.75) is 6.92 Å². The van der Waals surface area contributed by atoms with Crippen molar-refractivity contribution in [1.82, 2.24) is 14.8 Å². The third-order valence-electron chi connectivity index (χ3n) is 1.80. The van der Waals surface area contributed by atoms with Crippen LogP contribution >= 0.6 is 0 Å². The standard InChI is InChI=1S/C9H9N3O/c1-7-2-3-12(11-7)9-4-8(6-13)5-10-9/h2-6,10H,1H3. The molecule has 13 heavy (non-hydrogen) atoms. The summed E-state index contributed by atoms with van der Waals surface area (Å²) in [4.78, 5) is 13.4. The summed E-state index contributed by atoms with van der Waals surface area (Å²) < 4.78 is 1.70. The van der Waals surface area contributed by atoms with E-state index < -0.39 is 0 Å². The molecule has 4 nitrogen and oxygen atoms in total. The van der Waals surface area contributed by atoms with E-state index in [-0.39, 0.29) is 0 Å². The lowest BCUT2D eigenvalue weighted by Gasteiger charge is -1.93. The number of aryl methyl sites for hydroxylation is 1. The largest absolute Gasteiger partial charge is 0.346 e. The molecular weight excluding hydrogens is 166 g/mol. The molecule has 0 amide bonds. The maximum Gasteiger partial charge on any atom is 0.151 e. The number of hydrogen-bond acceptors (Lipinski definition) is 2. The van der Waals surface area contributed by atoms with E-state index in [0.717, 1.165) is 17.8 Å². The molecule has 0 unspecified atom stereocenters. The minimum Gasteiger partial charge on any atom is -0.346 e. The number of hydrogen-bond donors (Lipinski definition) is 1. The van der Waals surface area contributed by atoms with Crippen LogP contribution in [0.15, 0.2) is 24.5 Å². The molecule has 2 heterocycles. The summed E-state index contributed by atoms with van der Waals surface area (Å²) in [6.07, 6.45) is 4.30. The molecule has 1 N–H and O–H groups in total. The molecule has 0 aliphatic heterocycles. The van der Waals surface area contributed by atoms with E-state index in [1.807, 2.05) is 19.2 Å². The average Bonchev–Trinajstić information content (AvgIpc) is 2.71. The highest BCUT2D eigenvalue weighted by atomic mass is 16.1. The van der Waals surface area contributed by atoms with Crippen LogP contribution in [-0.4, -0.2) is 21.1 Å². The van der Waals surface area contributed by atoms with Gasteiger partial charge in [0.1, 0.15) is 5.82 Å². The molecule has 66 valence electrons. The summed E-state index contributed by atoms with van der Waals surface area (Å²) in [7, 11) is 0. The molecule has 0 atom stereocenters. The maximum absolute atomic E-state index is 10.4. The van der Waals surface area contributed by atoms with Gasteiger partial charge in [-0.15, -0.1) is 0 Å². The number of H-pyrrole nitrogens is 1. The maximum atomic E-state index is 10.4. The van der Waals surface area contributed by atoms with Crippen LogP contribution in [-0.2, 0) is 0 Å². The molecule has 2 aromatic rings. The van der Waals surface area contributed by atoms with Gasteiger partial charge in [-0.2, -0.15) is 5.10 Å². The Bertz CT molecular complexity index is 428. The highest BCUT2D eigenvalue weighted by molar-refractivity contribution is 5.75. The highest BCUT2D eigenvalue weighted by Gasteiger charge is 2.00. The summed E-state index contributed by atoms with van der Waals surface area (Å²) in [6, 6.07) is 3.65. The second-order valence-corrected chi connectivity index (χ2v) is 2.84. The lowest BCUT2D eigenvalue weighted by molar-refractivity contribution is 0.112. The number of nitrogens with zero attached hydrogens (tertiary/aromatic N) is 2. The van der Waals surface area contributed by atoms with E-state index in [9.17, 15) is 4.79 Å². The van der Waals surface area contributed by atoms with Crippen LogP contribution in [0.3, 0.4) is 0 Å². The number of aromatic amines is 1. The summed E-state index contributed by atoms with van der Waals surface area (Å²) in [5.41, 5.74) is 1.57. The minimum atomic E-state index is 0.628. The van der Waals surface area contributed by atoms with Crippen molar-refractivity contribution in [2.24, 2.45) is 0 Å². The van der Waals surface area contributed by atoms with Gasteiger partial charge in [-0.05, 0) is 19.1 Å². The fraction of sp³-hybridized carbons (Fsp3) is 0.111. The van der Waals surface area contributed by atoms with Gasteiger partial charge in [-0.1, -0.05) is 0 Å². The Labute approximate surface area is 75.2 Å². The number of carbonyl (C=O) groups excluding carboxylic acids is 1. The fourth-order valence-corrected chi connectivity index (χ4v) is 1.15. The first-order chi connectivity index (χ1) is 6.29. The molecule has 0 aliphatic carbocycles. The summed E-state index contributed by atoms with van der Waals surface area (Å²) in [5.74, 6) is 0.801. The molecule has 0 aliphatic rings. The predicted molar refractivity (Wildman–Crippen MR) is 48.0 cm³/mol. The molecule has 0 saturated heterocycles. The highest BCUT2D eigenvalue weighted by Crippen LogP contribution is 2.06. The third kappa shape index (κ3) is 1.38. The van der Waals surface area contributed by atoms with Gasteiger partial charge in [0.15, 0.2) is 6.29 Å². The number of nitrogens with one attached hydrogen (secondary N) is 1. The smallest absolute Gasteiger partial charge is 0.151 e. The van der Waals surface area contributed by atoms with Crippen molar-refractivity contribution < 1.29 is 4.79 Å². The van der Waals surface area contributed by atoms with Crippen LogP contribution in [0.25, 0.3) is 5.82 Å². The van der Waals surface area contributed by atoms with Gasteiger partial charge in [0.05, 0.1) is 5.69 Å². The van der Waals surface area contributed by atoms with E-state index in [0.29, 0.717) is 5.56 Å². The van der Waals surface area contributed by atoms with Crippen molar-refractivity contribution >= 4 is 6.29 Å². The van der Waals surface area contributed by atoms with Crippen LogP contribution in [0.2, 0.25) is 0 Å². The lowest BCUT2D eigenvalue weighted by Crippen LogP contribution is -1.94. The first-order valence-corrected chi connectivity index (χ1v) is 3.96. The van der Waals surface area contributed by atoms with Crippen LogP contribution in [0.1, 0.15) is 16.1 Å². The molecule has 0 aromatic carbocycles. The normalized spacial score (nSPS) is 10.2. The molecule has 0 saturated carbocycles. The molecule has 4 heteroatoms. The van der Waals surface area contributed by atoms with Crippen LogP contribution in [0, 0.1) is 6.92 Å². The van der Waals surface area contributed by atoms with E-state index >= 15 is 0 Å². The van der Waals surface area contributed by atoms with Crippen LogP contribution < -0.4 is 0 Å². The molecular formula is C9H9N3O. The topological polar surface area (TPSA) is 50.7 Å². The van der Waals surface area contributed by atoms with E-state index in [4.69, 9.17) is 0 Å². The molecule has 0 bridgehead atoms. The van der Waals surface area contributed by atoms with E-state index in [1.165, 1.54) is 0 Å². The lowest BCUT2D eigenvalue weighted by atomic mass is 10.4. The minimum absolute atomic E-state index is 0.628. The van der Waals surface area contributed by atoms with Gasteiger partial charge in [-0.3, -0.25) is 4.79 Å². The van der Waals surface area contributed by atoms with Gasteiger partial charge >= 0.3 is 0 Å². The van der Waals surface area contributed by atoms with Crippen LogP contribution in [0.5, 0.6) is 0 Å². The monoisotopic (exact) mass is 175 g/mol. The zero-order valence-corrected chi connectivity index (χ0v) is 7.19. The SMILES string of the molecule is Cc1ccn(-c2cc(C=O)c[nH]2)n1.